The van der Waals surface area contributed by atoms with E-state index < -0.39 is 6.29 Å². The number of rotatable bonds is 1. The standard InChI is InChI=1S/C13H13NO3/c1-9-6-12(13-16-7-15-8-17-13)14-11-5-3-2-4-10(9)11/h2-6,13H,7-8H2,1H3. The molecule has 0 spiro atoms. The maximum atomic E-state index is 5.36. The lowest BCUT2D eigenvalue weighted by molar-refractivity contribution is -0.304. The van der Waals surface area contributed by atoms with Crippen LogP contribution in [0.3, 0.4) is 0 Å². The molecule has 1 aliphatic rings. The first-order chi connectivity index (χ1) is 8.34. The van der Waals surface area contributed by atoms with Crippen LogP contribution in [0.4, 0.5) is 0 Å². The summed E-state index contributed by atoms with van der Waals surface area (Å²) in [5, 5.41) is 1.16. The summed E-state index contributed by atoms with van der Waals surface area (Å²) in [5.74, 6) is 0. The lowest BCUT2D eigenvalue weighted by Crippen LogP contribution is -2.20. The molecule has 1 aromatic carbocycles. The minimum absolute atomic E-state index is 0.248. The van der Waals surface area contributed by atoms with E-state index in [0.717, 1.165) is 16.6 Å². The van der Waals surface area contributed by atoms with Gasteiger partial charge in [-0.05, 0) is 24.6 Å². The van der Waals surface area contributed by atoms with Crippen LogP contribution in [0.2, 0.25) is 0 Å². The minimum Gasteiger partial charge on any atom is -0.329 e. The summed E-state index contributed by atoms with van der Waals surface area (Å²) in [7, 11) is 0. The van der Waals surface area contributed by atoms with Crippen LogP contribution >= 0.6 is 0 Å². The van der Waals surface area contributed by atoms with E-state index >= 15 is 0 Å². The number of nitrogens with zero attached hydrogens (tertiary/aromatic N) is 1. The lowest BCUT2D eigenvalue weighted by Gasteiger charge is -2.23. The van der Waals surface area contributed by atoms with Crippen molar-refractivity contribution in [2.75, 3.05) is 13.6 Å². The fourth-order valence-corrected chi connectivity index (χ4v) is 1.97. The quantitative estimate of drug-likeness (QED) is 0.756. The molecule has 1 aliphatic heterocycles. The average molecular weight is 231 g/mol. The Balaban J connectivity index is 2.05. The van der Waals surface area contributed by atoms with Crippen molar-refractivity contribution in [3.05, 3.63) is 41.6 Å². The topological polar surface area (TPSA) is 40.6 Å². The van der Waals surface area contributed by atoms with E-state index in [1.54, 1.807) is 0 Å². The third-order valence-electron chi connectivity index (χ3n) is 2.79. The molecular formula is C13H13NO3. The van der Waals surface area contributed by atoms with Crippen LogP contribution in [-0.4, -0.2) is 18.6 Å². The number of benzene rings is 1. The van der Waals surface area contributed by atoms with Crippen molar-refractivity contribution in [2.45, 2.75) is 13.2 Å². The predicted octanol–water partition coefficient (Wildman–Crippen LogP) is 2.52. The highest BCUT2D eigenvalue weighted by molar-refractivity contribution is 5.82. The number of hydrogen-bond acceptors (Lipinski definition) is 4. The van der Waals surface area contributed by atoms with Gasteiger partial charge in [-0.2, -0.15) is 0 Å². The van der Waals surface area contributed by atoms with Crippen molar-refractivity contribution >= 4 is 10.9 Å². The van der Waals surface area contributed by atoms with Crippen molar-refractivity contribution in [1.29, 1.82) is 0 Å². The van der Waals surface area contributed by atoms with Crippen molar-refractivity contribution < 1.29 is 14.2 Å². The fourth-order valence-electron chi connectivity index (χ4n) is 1.97. The van der Waals surface area contributed by atoms with E-state index in [2.05, 4.69) is 18.0 Å². The van der Waals surface area contributed by atoms with E-state index in [1.165, 1.54) is 5.56 Å². The Hall–Kier alpha value is -1.49. The predicted molar refractivity (Wildman–Crippen MR) is 62.2 cm³/mol. The Morgan fingerprint density at radius 2 is 1.94 bits per heavy atom. The van der Waals surface area contributed by atoms with Crippen LogP contribution in [0.5, 0.6) is 0 Å². The van der Waals surface area contributed by atoms with Crippen LogP contribution < -0.4 is 0 Å². The van der Waals surface area contributed by atoms with Crippen LogP contribution in [0.1, 0.15) is 17.5 Å². The highest BCUT2D eigenvalue weighted by Crippen LogP contribution is 2.25. The molecule has 3 rings (SSSR count). The molecule has 2 heterocycles. The lowest BCUT2D eigenvalue weighted by atomic mass is 10.1. The summed E-state index contributed by atoms with van der Waals surface area (Å²) in [6, 6.07) is 10.0. The zero-order valence-corrected chi connectivity index (χ0v) is 9.55. The van der Waals surface area contributed by atoms with E-state index in [4.69, 9.17) is 14.2 Å². The Kier molecular flexibility index (Phi) is 2.76. The SMILES string of the molecule is Cc1cc(C2OCOCO2)nc2ccccc12. The number of aryl methyl sites for hydroxylation is 1. The largest absolute Gasteiger partial charge is 0.329 e. The summed E-state index contributed by atoms with van der Waals surface area (Å²) in [4.78, 5) is 4.55. The van der Waals surface area contributed by atoms with Crippen LogP contribution in [-0.2, 0) is 14.2 Å². The molecule has 0 unspecified atom stereocenters. The molecular weight excluding hydrogens is 218 g/mol. The van der Waals surface area contributed by atoms with Gasteiger partial charge in [-0.15, -0.1) is 0 Å². The molecule has 1 aromatic heterocycles. The highest BCUT2D eigenvalue weighted by Gasteiger charge is 2.19. The number of aromatic nitrogens is 1. The first-order valence-electron chi connectivity index (χ1n) is 5.52. The molecule has 4 heteroatoms. The molecule has 0 saturated carbocycles. The second kappa shape index (κ2) is 4.41. The van der Waals surface area contributed by atoms with Crippen molar-refractivity contribution in [1.82, 2.24) is 4.98 Å². The Labute approximate surface area is 99.1 Å². The highest BCUT2D eigenvalue weighted by atomic mass is 16.8. The molecule has 4 nitrogen and oxygen atoms in total. The van der Waals surface area contributed by atoms with Crippen LogP contribution in [0.15, 0.2) is 30.3 Å². The monoisotopic (exact) mass is 231 g/mol. The molecule has 88 valence electrons. The second-order valence-corrected chi connectivity index (χ2v) is 3.99. The van der Waals surface area contributed by atoms with Gasteiger partial charge in [-0.25, -0.2) is 4.98 Å². The maximum Gasteiger partial charge on any atom is 0.205 e. The van der Waals surface area contributed by atoms with Gasteiger partial charge in [0, 0.05) is 5.39 Å². The third-order valence-corrected chi connectivity index (χ3v) is 2.79. The van der Waals surface area contributed by atoms with Crippen LogP contribution in [0.25, 0.3) is 10.9 Å². The average Bonchev–Trinajstić information content (AvgIpc) is 2.40. The molecule has 2 aromatic rings. The summed E-state index contributed by atoms with van der Waals surface area (Å²) >= 11 is 0. The van der Waals surface area contributed by atoms with E-state index in [9.17, 15) is 0 Å². The van der Waals surface area contributed by atoms with Gasteiger partial charge in [-0.3, -0.25) is 0 Å². The molecule has 17 heavy (non-hydrogen) atoms. The number of hydrogen-bond donors (Lipinski definition) is 0. The van der Waals surface area contributed by atoms with Crippen molar-refractivity contribution in [3.63, 3.8) is 0 Å². The van der Waals surface area contributed by atoms with Gasteiger partial charge in [0.1, 0.15) is 0 Å². The maximum absolute atomic E-state index is 5.36. The van der Waals surface area contributed by atoms with Gasteiger partial charge >= 0.3 is 0 Å². The van der Waals surface area contributed by atoms with Crippen LogP contribution in [0, 0.1) is 6.92 Å². The van der Waals surface area contributed by atoms with E-state index in [0.29, 0.717) is 0 Å². The number of fused-ring (bicyclic) bond motifs is 1. The van der Waals surface area contributed by atoms with E-state index in [1.807, 2.05) is 24.3 Å². The smallest absolute Gasteiger partial charge is 0.205 e. The number of pyridine rings is 1. The summed E-state index contributed by atoms with van der Waals surface area (Å²) < 4.78 is 15.7. The molecule has 0 atom stereocenters. The van der Waals surface area contributed by atoms with Gasteiger partial charge in [0.05, 0.1) is 11.2 Å². The minimum atomic E-state index is -0.424. The molecule has 0 N–H and O–H groups in total. The van der Waals surface area contributed by atoms with E-state index in [-0.39, 0.29) is 13.6 Å². The Morgan fingerprint density at radius 3 is 2.76 bits per heavy atom. The molecule has 0 amide bonds. The Morgan fingerprint density at radius 1 is 1.18 bits per heavy atom. The fraction of sp³-hybridized carbons (Fsp3) is 0.308. The van der Waals surface area contributed by atoms with Gasteiger partial charge in [-0.1, -0.05) is 18.2 Å². The zero-order chi connectivity index (χ0) is 11.7. The molecule has 0 radical (unpaired) electrons. The molecule has 0 aliphatic carbocycles. The Bertz CT molecular complexity index is 535. The van der Waals surface area contributed by atoms with Gasteiger partial charge < -0.3 is 14.2 Å². The van der Waals surface area contributed by atoms with Gasteiger partial charge in [0.15, 0.2) is 13.6 Å². The summed E-state index contributed by atoms with van der Waals surface area (Å²) in [6.07, 6.45) is -0.424. The third kappa shape index (κ3) is 2.02. The number of para-hydroxylation sites is 1. The number of ether oxygens (including phenoxy) is 3. The normalized spacial score (nSPS) is 17.5. The summed E-state index contributed by atoms with van der Waals surface area (Å²) in [5.41, 5.74) is 2.93. The van der Waals surface area contributed by atoms with Crippen molar-refractivity contribution in [2.24, 2.45) is 0 Å². The first kappa shape index (κ1) is 10.7. The molecule has 1 fully saturated rings. The van der Waals surface area contributed by atoms with Gasteiger partial charge in [0.25, 0.3) is 0 Å². The first-order valence-corrected chi connectivity index (χ1v) is 5.52. The van der Waals surface area contributed by atoms with Crippen molar-refractivity contribution in [3.8, 4) is 0 Å². The summed E-state index contributed by atoms with van der Waals surface area (Å²) in [6.45, 7) is 2.56. The zero-order valence-electron chi connectivity index (χ0n) is 9.55. The van der Waals surface area contributed by atoms with Gasteiger partial charge in [0.2, 0.25) is 6.29 Å². The second-order valence-electron chi connectivity index (χ2n) is 3.99. The molecule has 0 bridgehead atoms. The molecule has 1 saturated heterocycles.